The van der Waals surface area contributed by atoms with Crippen LogP contribution >= 0.6 is 11.6 Å². The van der Waals surface area contributed by atoms with Gasteiger partial charge in [-0.05, 0) is 37.4 Å². The molecule has 0 amide bonds. The van der Waals surface area contributed by atoms with Crippen molar-refractivity contribution in [1.82, 2.24) is 15.1 Å². The van der Waals surface area contributed by atoms with E-state index in [1.165, 1.54) is 12.8 Å². The Kier molecular flexibility index (Phi) is 3.98. The molecule has 2 aromatic heterocycles. The smallest absolute Gasteiger partial charge is 0.230 e. The van der Waals surface area contributed by atoms with Crippen LogP contribution in [0.4, 0.5) is 0 Å². The summed E-state index contributed by atoms with van der Waals surface area (Å²) in [4.78, 5) is 8.69. The molecule has 0 bridgehead atoms. The van der Waals surface area contributed by atoms with E-state index in [1.807, 2.05) is 0 Å². The van der Waals surface area contributed by atoms with Crippen molar-refractivity contribution in [2.45, 2.75) is 31.6 Å². The van der Waals surface area contributed by atoms with Crippen LogP contribution in [0.5, 0.6) is 0 Å². The zero-order valence-corrected chi connectivity index (χ0v) is 11.9. The van der Waals surface area contributed by atoms with Crippen molar-refractivity contribution >= 4 is 11.6 Å². The van der Waals surface area contributed by atoms with Crippen molar-refractivity contribution in [3.63, 3.8) is 0 Å². The molecule has 0 aromatic carbocycles. The van der Waals surface area contributed by atoms with E-state index < -0.39 is 0 Å². The van der Waals surface area contributed by atoms with Gasteiger partial charge in [0.25, 0.3) is 0 Å². The van der Waals surface area contributed by atoms with Crippen LogP contribution in [0.3, 0.4) is 0 Å². The molecule has 1 aliphatic carbocycles. The van der Waals surface area contributed by atoms with Gasteiger partial charge in [-0.1, -0.05) is 29.6 Å². The second-order valence-corrected chi connectivity index (χ2v) is 5.58. The molecule has 1 aliphatic rings. The zero-order valence-electron chi connectivity index (χ0n) is 11.1. The molecule has 20 heavy (non-hydrogen) atoms. The molecular formula is C14H17ClN4O. The van der Waals surface area contributed by atoms with Gasteiger partial charge in [0.05, 0.1) is 5.02 Å². The van der Waals surface area contributed by atoms with Crippen molar-refractivity contribution in [3.05, 3.63) is 29.2 Å². The van der Waals surface area contributed by atoms with E-state index in [9.17, 15) is 0 Å². The first kappa shape index (κ1) is 13.5. The van der Waals surface area contributed by atoms with E-state index in [4.69, 9.17) is 21.9 Å². The van der Waals surface area contributed by atoms with E-state index in [1.54, 1.807) is 18.3 Å². The average Bonchev–Trinajstić information content (AvgIpc) is 2.97. The quantitative estimate of drug-likeness (QED) is 0.941. The highest BCUT2D eigenvalue weighted by Crippen LogP contribution is 2.37. The molecule has 6 heteroatoms. The van der Waals surface area contributed by atoms with Crippen LogP contribution in [0.25, 0.3) is 11.5 Å². The highest BCUT2D eigenvalue weighted by atomic mass is 35.5. The number of halogens is 1. The minimum atomic E-state index is 0.262. The van der Waals surface area contributed by atoms with Crippen LogP contribution in [0.2, 0.25) is 5.02 Å². The number of hydrogen-bond donors (Lipinski definition) is 1. The van der Waals surface area contributed by atoms with Gasteiger partial charge in [0.2, 0.25) is 11.7 Å². The number of rotatable bonds is 3. The summed E-state index contributed by atoms with van der Waals surface area (Å²) in [6, 6.07) is 3.54. The normalized spacial score (nSPS) is 22.9. The summed E-state index contributed by atoms with van der Waals surface area (Å²) in [5.41, 5.74) is 6.41. The van der Waals surface area contributed by atoms with E-state index in [0.29, 0.717) is 34.9 Å². The fraction of sp³-hybridized carbons (Fsp3) is 0.500. The maximum atomic E-state index is 6.11. The lowest BCUT2D eigenvalue weighted by Gasteiger charge is -2.27. The summed E-state index contributed by atoms with van der Waals surface area (Å²) in [5, 5.41) is 4.54. The maximum Gasteiger partial charge on any atom is 0.230 e. The number of nitrogens with zero attached hydrogens (tertiary/aromatic N) is 3. The van der Waals surface area contributed by atoms with Crippen molar-refractivity contribution < 1.29 is 4.52 Å². The molecule has 5 nitrogen and oxygen atoms in total. The van der Waals surface area contributed by atoms with Crippen LogP contribution in [0.1, 0.15) is 37.5 Å². The second-order valence-electron chi connectivity index (χ2n) is 5.18. The summed E-state index contributed by atoms with van der Waals surface area (Å²) in [6.07, 6.45) is 6.26. The lowest BCUT2D eigenvalue weighted by Crippen LogP contribution is -2.25. The fourth-order valence-corrected chi connectivity index (χ4v) is 3.05. The molecule has 0 spiro atoms. The van der Waals surface area contributed by atoms with E-state index in [2.05, 4.69) is 15.1 Å². The van der Waals surface area contributed by atoms with Gasteiger partial charge in [-0.15, -0.1) is 0 Å². The van der Waals surface area contributed by atoms with Crippen molar-refractivity contribution in [3.8, 4) is 11.5 Å². The Labute approximate surface area is 122 Å². The standard InChI is InChI=1S/C14H17ClN4O/c15-11-6-3-7-17-12(11)13-18-14(20-19-13)10-5-2-1-4-9(10)8-16/h3,6-7,9-10H,1-2,4-5,8,16H2. The molecule has 1 fully saturated rings. The number of nitrogens with two attached hydrogens (primary N) is 1. The maximum absolute atomic E-state index is 6.11. The van der Waals surface area contributed by atoms with Gasteiger partial charge in [-0.3, -0.25) is 4.98 Å². The topological polar surface area (TPSA) is 77.8 Å². The Morgan fingerprint density at radius 1 is 1.35 bits per heavy atom. The molecule has 2 aromatic rings. The largest absolute Gasteiger partial charge is 0.339 e. The Morgan fingerprint density at radius 3 is 3.00 bits per heavy atom. The lowest BCUT2D eigenvalue weighted by molar-refractivity contribution is 0.249. The molecule has 0 radical (unpaired) electrons. The van der Waals surface area contributed by atoms with E-state index >= 15 is 0 Å². The Hall–Kier alpha value is -1.46. The molecule has 2 atom stereocenters. The molecule has 3 rings (SSSR count). The zero-order chi connectivity index (χ0) is 13.9. The molecular weight excluding hydrogens is 276 g/mol. The Balaban J connectivity index is 1.88. The highest BCUT2D eigenvalue weighted by Gasteiger charge is 2.30. The molecule has 0 saturated heterocycles. The van der Waals surface area contributed by atoms with Crippen molar-refractivity contribution in [2.24, 2.45) is 11.7 Å². The monoisotopic (exact) mass is 292 g/mol. The predicted molar refractivity (Wildman–Crippen MR) is 76.3 cm³/mol. The molecule has 2 unspecified atom stereocenters. The highest BCUT2D eigenvalue weighted by molar-refractivity contribution is 6.32. The van der Waals surface area contributed by atoms with Gasteiger partial charge in [-0.25, -0.2) is 0 Å². The fourth-order valence-electron chi connectivity index (χ4n) is 2.85. The summed E-state index contributed by atoms with van der Waals surface area (Å²) < 4.78 is 5.43. The van der Waals surface area contributed by atoms with Crippen LogP contribution < -0.4 is 5.73 Å². The Bertz CT molecular complexity index is 586. The van der Waals surface area contributed by atoms with Gasteiger partial charge >= 0.3 is 0 Å². The van der Waals surface area contributed by atoms with Crippen LogP contribution in [0, 0.1) is 5.92 Å². The number of aromatic nitrogens is 3. The molecule has 0 aliphatic heterocycles. The summed E-state index contributed by atoms with van der Waals surface area (Å²) >= 11 is 6.11. The average molecular weight is 293 g/mol. The van der Waals surface area contributed by atoms with Gasteiger partial charge in [0, 0.05) is 12.1 Å². The summed E-state index contributed by atoms with van der Waals surface area (Å²) in [7, 11) is 0. The minimum Gasteiger partial charge on any atom is -0.339 e. The van der Waals surface area contributed by atoms with Gasteiger partial charge < -0.3 is 10.3 Å². The van der Waals surface area contributed by atoms with Crippen molar-refractivity contribution in [1.29, 1.82) is 0 Å². The first-order valence-electron chi connectivity index (χ1n) is 6.94. The van der Waals surface area contributed by atoms with Gasteiger partial charge in [0.15, 0.2) is 0 Å². The summed E-state index contributed by atoms with van der Waals surface area (Å²) in [6.45, 7) is 0.659. The van der Waals surface area contributed by atoms with Crippen LogP contribution in [-0.2, 0) is 0 Å². The first-order chi connectivity index (χ1) is 9.79. The van der Waals surface area contributed by atoms with E-state index in [0.717, 1.165) is 12.8 Å². The number of pyridine rings is 1. The molecule has 106 valence electrons. The molecule has 2 heterocycles. The van der Waals surface area contributed by atoms with Gasteiger partial charge in [-0.2, -0.15) is 4.98 Å². The number of hydrogen-bond acceptors (Lipinski definition) is 5. The van der Waals surface area contributed by atoms with Gasteiger partial charge in [0.1, 0.15) is 5.69 Å². The molecule has 1 saturated carbocycles. The molecule has 2 N–H and O–H groups in total. The second kappa shape index (κ2) is 5.89. The minimum absolute atomic E-state index is 0.262. The SMILES string of the molecule is NCC1CCCCC1c1nc(-c2ncccc2Cl)no1. The van der Waals surface area contributed by atoms with Crippen LogP contribution in [-0.4, -0.2) is 21.7 Å². The van der Waals surface area contributed by atoms with Crippen molar-refractivity contribution in [2.75, 3.05) is 6.54 Å². The third-order valence-electron chi connectivity index (χ3n) is 3.94. The van der Waals surface area contributed by atoms with Crippen LogP contribution in [0.15, 0.2) is 22.9 Å². The first-order valence-corrected chi connectivity index (χ1v) is 7.32. The third-order valence-corrected chi connectivity index (χ3v) is 4.25. The lowest BCUT2D eigenvalue weighted by atomic mass is 9.79. The Morgan fingerprint density at radius 2 is 2.20 bits per heavy atom. The third kappa shape index (κ3) is 2.55. The predicted octanol–water partition coefficient (Wildman–Crippen LogP) is 3.02. The summed E-state index contributed by atoms with van der Waals surface area (Å²) in [5.74, 6) is 1.80. The van der Waals surface area contributed by atoms with E-state index in [-0.39, 0.29) is 5.92 Å².